The zero-order chi connectivity index (χ0) is 21.0. The maximum absolute atomic E-state index is 12.5. The van der Waals surface area contributed by atoms with Crippen LogP contribution in [0.3, 0.4) is 0 Å². The van der Waals surface area contributed by atoms with Crippen molar-refractivity contribution in [3.8, 4) is 16.3 Å². The van der Waals surface area contributed by atoms with Crippen LogP contribution in [-0.2, 0) is 4.79 Å². The lowest BCUT2D eigenvalue weighted by atomic mass is 10.2. The van der Waals surface area contributed by atoms with Gasteiger partial charge < -0.3 is 15.0 Å². The summed E-state index contributed by atoms with van der Waals surface area (Å²) in [7, 11) is 1.70. The molecule has 0 aliphatic rings. The van der Waals surface area contributed by atoms with Crippen molar-refractivity contribution >= 4 is 34.5 Å². The van der Waals surface area contributed by atoms with Gasteiger partial charge in [-0.3, -0.25) is 9.59 Å². The molecule has 0 radical (unpaired) electrons. The van der Waals surface area contributed by atoms with Crippen LogP contribution in [0.5, 0.6) is 5.75 Å². The van der Waals surface area contributed by atoms with Crippen LogP contribution in [0, 0.1) is 0 Å². The fourth-order valence-electron chi connectivity index (χ4n) is 2.60. The molecular weight excluding hydrogens is 386 g/mol. The number of benzene rings is 2. The molecule has 1 N–H and O–H groups in total. The summed E-state index contributed by atoms with van der Waals surface area (Å²) >= 11 is 1.41. The second-order valence-corrected chi connectivity index (χ2v) is 7.67. The molecular formula is C22H23N3O3S. The summed E-state index contributed by atoms with van der Waals surface area (Å²) in [5, 5.41) is 5.34. The molecule has 0 unspecified atom stereocenters. The molecule has 0 spiro atoms. The second-order valence-electron chi connectivity index (χ2n) is 6.81. The quantitative estimate of drug-likeness (QED) is 0.633. The predicted octanol–water partition coefficient (Wildman–Crippen LogP) is 4.83. The monoisotopic (exact) mass is 409 g/mol. The molecule has 2 amide bonds. The highest BCUT2D eigenvalue weighted by atomic mass is 32.1. The van der Waals surface area contributed by atoms with Crippen LogP contribution < -0.4 is 15.0 Å². The number of nitrogens with one attached hydrogen (secondary N) is 1. The number of hydrogen-bond acceptors (Lipinski definition) is 5. The van der Waals surface area contributed by atoms with E-state index in [1.54, 1.807) is 36.7 Å². The highest BCUT2D eigenvalue weighted by Crippen LogP contribution is 2.26. The average molecular weight is 410 g/mol. The number of amides is 2. The van der Waals surface area contributed by atoms with Crippen molar-refractivity contribution in [2.24, 2.45) is 0 Å². The normalized spacial score (nSPS) is 10.7. The van der Waals surface area contributed by atoms with Gasteiger partial charge in [0, 0.05) is 36.3 Å². The van der Waals surface area contributed by atoms with Gasteiger partial charge in [0.05, 0.1) is 6.10 Å². The summed E-state index contributed by atoms with van der Waals surface area (Å²) < 4.78 is 5.65. The van der Waals surface area contributed by atoms with Crippen LogP contribution >= 0.6 is 11.3 Å². The molecule has 0 saturated heterocycles. The maximum Gasteiger partial charge on any atom is 0.275 e. The third-order valence-corrected chi connectivity index (χ3v) is 5.09. The van der Waals surface area contributed by atoms with Gasteiger partial charge in [-0.1, -0.05) is 0 Å². The van der Waals surface area contributed by atoms with Crippen molar-refractivity contribution in [3.05, 3.63) is 59.6 Å². The number of hydrogen-bond donors (Lipinski definition) is 1. The summed E-state index contributed by atoms with van der Waals surface area (Å²) in [6, 6.07) is 14.7. The highest BCUT2D eigenvalue weighted by Gasteiger charge is 2.13. The Hall–Kier alpha value is -3.19. The van der Waals surface area contributed by atoms with E-state index in [1.807, 2.05) is 38.1 Å². The smallest absolute Gasteiger partial charge is 0.275 e. The largest absolute Gasteiger partial charge is 0.491 e. The van der Waals surface area contributed by atoms with E-state index in [0.29, 0.717) is 11.4 Å². The van der Waals surface area contributed by atoms with E-state index in [1.165, 1.54) is 23.2 Å². The van der Waals surface area contributed by atoms with E-state index >= 15 is 0 Å². The predicted molar refractivity (Wildman–Crippen MR) is 117 cm³/mol. The molecule has 1 aromatic heterocycles. The van der Waals surface area contributed by atoms with Gasteiger partial charge in [0.1, 0.15) is 16.5 Å². The first kappa shape index (κ1) is 20.5. The molecule has 3 rings (SSSR count). The number of aromatic nitrogens is 1. The molecule has 0 aliphatic carbocycles. The van der Waals surface area contributed by atoms with Crippen LogP contribution in [0.1, 0.15) is 31.3 Å². The van der Waals surface area contributed by atoms with Gasteiger partial charge in [-0.15, -0.1) is 11.3 Å². The molecule has 29 heavy (non-hydrogen) atoms. The Labute approximate surface area is 174 Å². The lowest BCUT2D eigenvalue weighted by molar-refractivity contribution is -0.116. The molecule has 7 heteroatoms. The Morgan fingerprint density at radius 2 is 1.72 bits per heavy atom. The third-order valence-electron chi connectivity index (χ3n) is 4.19. The average Bonchev–Trinajstić information content (AvgIpc) is 3.18. The van der Waals surface area contributed by atoms with Crippen molar-refractivity contribution < 1.29 is 14.3 Å². The van der Waals surface area contributed by atoms with E-state index in [9.17, 15) is 9.59 Å². The van der Waals surface area contributed by atoms with Crippen LogP contribution in [0.15, 0.2) is 53.9 Å². The van der Waals surface area contributed by atoms with Crippen LogP contribution in [0.4, 0.5) is 11.4 Å². The Morgan fingerprint density at radius 3 is 2.31 bits per heavy atom. The third kappa shape index (κ3) is 5.20. The SMILES string of the molecule is CC(=O)N(C)c1ccc(NC(=O)c2csc(-c3ccc(OC(C)C)cc3)n2)cc1. The van der Waals surface area contributed by atoms with Crippen molar-refractivity contribution in [3.63, 3.8) is 0 Å². The van der Waals surface area contributed by atoms with E-state index in [2.05, 4.69) is 10.3 Å². The van der Waals surface area contributed by atoms with Crippen molar-refractivity contribution in [2.45, 2.75) is 26.9 Å². The van der Waals surface area contributed by atoms with Gasteiger partial charge in [0.15, 0.2) is 0 Å². The Morgan fingerprint density at radius 1 is 1.07 bits per heavy atom. The summed E-state index contributed by atoms with van der Waals surface area (Å²) in [5.74, 6) is 0.470. The first-order chi connectivity index (χ1) is 13.8. The van der Waals surface area contributed by atoms with Gasteiger partial charge in [0.2, 0.25) is 5.91 Å². The number of rotatable bonds is 6. The van der Waals surface area contributed by atoms with Gasteiger partial charge in [0.25, 0.3) is 5.91 Å². The lowest BCUT2D eigenvalue weighted by Crippen LogP contribution is -2.22. The number of anilines is 2. The number of carbonyl (C=O) groups excluding carboxylic acids is 2. The summed E-state index contributed by atoms with van der Waals surface area (Å²) in [6.07, 6.45) is 0.118. The van der Waals surface area contributed by atoms with Crippen LogP contribution in [0.25, 0.3) is 10.6 Å². The number of carbonyl (C=O) groups is 2. The maximum atomic E-state index is 12.5. The van der Waals surface area contributed by atoms with E-state index in [4.69, 9.17) is 4.74 Å². The first-order valence-electron chi connectivity index (χ1n) is 9.22. The number of thiazole rings is 1. The van der Waals surface area contributed by atoms with Crippen LogP contribution in [-0.4, -0.2) is 29.9 Å². The van der Waals surface area contributed by atoms with Crippen molar-refractivity contribution in [2.75, 3.05) is 17.3 Å². The number of nitrogens with zero attached hydrogens (tertiary/aromatic N) is 2. The standard InChI is InChI=1S/C22H23N3O3S/c1-14(2)28-19-11-5-16(6-12-19)22-24-20(13-29-22)21(27)23-17-7-9-18(10-8-17)25(4)15(3)26/h5-14H,1-4H3,(H,23,27). The van der Waals surface area contributed by atoms with Crippen LogP contribution in [0.2, 0.25) is 0 Å². The fraction of sp³-hybridized carbons (Fsp3) is 0.227. The fourth-order valence-corrected chi connectivity index (χ4v) is 3.41. The number of ether oxygens (including phenoxy) is 1. The summed E-state index contributed by atoms with van der Waals surface area (Å²) in [6.45, 7) is 5.46. The molecule has 0 atom stereocenters. The second kappa shape index (κ2) is 8.87. The van der Waals surface area contributed by atoms with Gasteiger partial charge in [-0.2, -0.15) is 0 Å². The molecule has 0 bridgehead atoms. The minimum atomic E-state index is -0.278. The molecule has 150 valence electrons. The Kier molecular flexibility index (Phi) is 6.29. The van der Waals surface area contributed by atoms with Gasteiger partial charge in [-0.05, 0) is 62.4 Å². The van der Waals surface area contributed by atoms with Crippen molar-refractivity contribution in [1.82, 2.24) is 4.98 Å². The van der Waals surface area contributed by atoms with E-state index < -0.39 is 0 Å². The Balaban J connectivity index is 1.67. The summed E-state index contributed by atoms with van der Waals surface area (Å²) in [5.41, 5.74) is 2.69. The molecule has 0 aliphatic heterocycles. The highest BCUT2D eigenvalue weighted by molar-refractivity contribution is 7.13. The van der Waals surface area contributed by atoms with Gasteiger partial charge >= 0.3 is 0 Å². The van der Waals surface area contributed by atoms with E-state index in [-0.39, 0.29) is 17.9 Å². The lowest BCUT2D eigenvalue weighted by Gasteiger charge is -2.15. The minimum Gasteiger partial charge on any atom is -0.491 e. The minimum absolute atomic E-state index is 0.0550. The molecule has 2 aromatic carbocycles. The molecule has 6 nitrogen and oxygen atoms in total. The molecule has 0 saturated carbocycles. The van der Waals surface area contributed by atoms with Crippen molar-refractivity contribution in [1.29, 1.82) is 0 Å². The Bertz CT molecular complexity index is 995. The molecule has 1 heterocycles. The topological polar surface area (TPSA) is 71.5 Å². The zero-order valence-electron chi connectivity index (χ0n) is 16.8. The van der Waals surface area contributed by atoms with E-state index in [0.717, 1.165) is 22.0 Å². The van der Waals surface area contributed by atoms with Gasteiger partial charge in [-0.25, -0.2) is 4.98 Å². The summed E-state index contributed by atoms with van der Waals surface area (Å²) in [4.78, 5) is 29.9. The molecule has 0 fully saturated rings. The zero-order valence-corrected chi connectivity index (χ0v) is 17.6. The first-order valence-corrected chi connectivity index (χ1v) is 10.1. The molecule has 3 aromatic rings.